The topological polar surface area (TPSA) is 28.9 Å². The highest BCUT2D eigenvalue weighted by Crippen LogP contribution is 2.54. The second-order valence-corrected chi connectivity index (χ2v) is 19.6. The van der Waals surface area contributed by atoms with Crippen LogP contribution in [0.1, 0.15) is 117 Å². The molecule has 1 saturated heterocycles. The first-order chi connectivity index (χ1) is 30.3. The number of benzene rings is 3. The van der Waals surface area contributed by atoms with Crippen molar-refractivity contribution in [2.75, 3.05) is 9.80 Å². The van der Waals surface area contributed by atoms with Crippen LogP contribution >= 0.6 is 0 Å². The summed E-state index contributed by atoms with van der Waals surface area (Å²) >= 11 is 0. The van der Waals surface area contributed by atoms with Gasteiger partial charge in [-0.05, 0) is 142 Å². The minimum absolute atomic E-state index is 0.00173. The Balaban J connectivity index is 1.05. The number of aryl methyl sites for hydroxylation is 3. The fraction of sp³-hybridized carbons (Fsp3) is 0.345. The number of ether oxygens (including phenoxy) is 1. The molecular weight excluding hydrogens is 757 g/mol. The van der Waals surface area contributed by atoms with Gasteiger partial charge in [-0.3, -0.25) is 0 Å². The monoisotopic (exact) mass is 814 g/mol. The van der Waals surface area contributed by atoms with Gasteiger partial charge in [0.05, 0.1) is 23.9 Å². The van der Waals surface area contributed by atoms with E-state index in [4.69, 9.17) is 9.15 Å². The number of hydrogen-bond acceptors (Lipinski definition) is 4. The third-order valence-electron chi connectivity index (χ3n) is 15.4. The van der Waals surface area contributed by atoms with Crippen LogP contribution in [0.5, 0.6) is 0 Å². The summed E-state index contributed by atoms with van der Waals surface area (Å²) < 4.78 is 13.3. The van der Waals surface area contributed by atoms with Gasteiger partial charge in [-0.1, -0.05) is 110 Å². The Hall–Kier alpha value is -5.58. The van der Waals surface area contributed by atoms with E-state index in [0.717, 1.165) is 75.6 Å². The van der Waals surface area contributed by atoms with E-state index in [9.17, 15) is 0 Å². The van der Waals surface area contributed by atoms with Crippen LogP contribution in [0, 0.1) is 18.3 Å². The van der Waals surface area contributed by atoms with Gasteiger partial charge in [-0.15, -0.1) is 0 Å². The Morgan fingerprint density at radius 3 is 2.15 bits per heavy atom. The Kier molecular flexibility index (Phi) is 9.08. The van der Waals surface area contributed by atoms with Gasteiger partial charge >= 0.3 is 0 Å². The molecule has 1 fully saturated rings. The zero-order valence-electron chi connectivity index (χ0n) is 36.8. The lowest BCUT2D eigenvalue weighted by Gasteiger charge is -2.45. The average molecular weight is 815 g/mol. The molecule has 8 aliphatic rings. The number of allylic oxidation sites excluding steroid dienone is 11. The molecule has 6 unspecified atom stereocenters. The molecular formula is C58H58N2O2. The number of furan rings is 1. The Labute approximate surface area is 367 Å². The molecule has 0 radical (unpaired) electrons. The summed E-state index contributed by atoms with van der Waals surface area (Å²) in [6.07, 6.45) is 49.3. The molecule has 4 heteroatoms. The lowest BCUT2D eigenvalue weighted by atomic mass is 9.65. The first-order valence-electron chi connectivity index (χ1n) is 23.6. The molecule has 0 N–H and O–H groups in total. The fourth-order valence-corrected chi connectivity index (χ4v) is 12.4. The van der Waals surface area contributed by atoms with Gasteiger partial charge in [-0.2, -0.15) is 0 Å². The lowest BCUT2D eigenvalue weighted by molar-refractivity contribution is 0.0588. The zero-order chi connectivity index (χ0) is 41.7. The van der Waals surface area contributed by atoms with E-state index in [1.807, 2.05) is 0 Å². The van der Waals surface area contributed by atoms with E-state index in [1.165, 1.54) is 83.6 Å². The first-order valence-corrected chi connectivity index (χ1v) is 23.6. The van der Waals surface area contributed by atoms with Crippen LogP contribution in [-0.4, -0.2) is 18.2 Å². The molecule has 3 aromatic carbocycles. The van der Waals surface area contributed by atoms with E-state index >= 15 is 0 Å². The van der Waals surface area contributed by atoms with E-state index in [1.54, 1.807) is 0 Å². The van der Waals surface area contributed by atoms with Gasteiger partial charge in [0.1, 0.15) is 11.3 Å². The van der Waals surface area contributed by atoms with Crippen molar-refractivity contribution in [2.24, 2.45) is 11.3 Å². The molecule has 0 bridgehead atoms. The highest BCUT2D eigenvalue weighted by Gasteiger charge is 2.54. The predicted molar refractivity (Wildman–Crippen MR) is 259 cm³/mol. The van der Waals surface area contributed by atoms with E-state index < -0.39 is 0 Å². The molecule has 12 rings (SSSR count). The summed E-state index contributed by atoms with van der Waals surface area (Å²) in [6.45, 7) is 9.26. The van der Waals surface area contributed by atoms with Crippen LogP contribution in [0.4, 0.5) is 11.4 Å². The molecule has 1 aromatic heterocycles. The summed E-state index contributed by atoms with van der Waals surface area (Å²) in [7, 11) is 0. The SMILES string of the molecule is CC1=CC2C(C=C1)OC1C=CC(N(C3=CCCC=C3)c3cc4c5c(c(N(C6=CCCC=C6)C6=Cc7c(oc8ccc(C)cc78)C(C)C6)cc4c4c3C=CCC4)C=CCC5)CC12C. The molecule has 0 saturated carbocycles. The Bertz CT molecular complexity index is 2880. The maximum atomic E-state index is 6.77. The van der Waals surface area contributed by atoms with Gasteiger partial charge in [0, 0.05) is 62.1 Å². The van der Waals surface area contributed by atoms with Crippen LogP contribution < -0.4 is 9.80 Å². The standard InChI is InChI=1S/C58H58N2O2/c1-36-23-26-54-49(29-36)50-32-42(31-38(3)57(50)62-54)60(40-17-9-6-10-18-40)53-34-48-43-19-11-13-21-45(43)52(33-47(48)44-20-12-14-22-46(44)53)59(39-15-7-5-8-16-39)41-25-28-56-58(4,35-41)51-30-37(2)24-27-55(51)61-56/h7,9,13-18,21-30,32-34,38,41,51,55-56H,5-6,8,10-12,19-20,31,35H2,1-4H3. The molecule has 0 amide bonds. The molecule has 62 heavy (non-hydrogen) atoms. The third kappa shape index (κ3) is 6.03. The summed E-state index contributed by atoms with van der Waals surface area (Å²) in [4.78, 5) is 5.37. The van der Waals surface area contributed by atoms with Gasteiger partial charge in [0.15, 0.2) is 0 Å². The number of nitrogens with zero attached hydrogens (tertiary/aromatic N) is 2. The van der Waals surface area contributed by atoms with E-state index in [-0.39, 0.29) is 29.6 Å². The largest absolute Gasteiger partial charge is 0.460 e. The number of rotatable bonds is 6. The van der Waals surface area contributed by atoms with Crippen molar-refractivity contribution >= 4 is 51.3 Å². The van der Waals surface area contributed by atoms with Crippen molar-refractivity contribution in [1.29, 1.82) is 0 Å². The molecule has 7 aliphatic carbocycles. The maximum Gasteiger partial charge on any atom is 0.134 e. The normalized spacial score (nSPS) is 27.8. The molecule has 4 nitrogen and oxygen atoms in total. The number of hydrogen-bond donors (Lipinski definition) is 0. The van der Waals surface area contributed by atoms with Crippen molar-refractivity contribution in [3.05, 3.63) is 171 Å². The van der Waals surface area contributed by atoms with Crippen LogP contribution in [0.2, 0.25) is 0 Å². The van der Waals surface area contributed by atoms with Crippen molar-refractivity contribution in [3.8, 4) is 0 Å². The zero-order valence-corrected chi connectivity index (χ0v) is 36.8. The Morgan fingerprint density at radius 1 is 0.694 bits per heavy atom. The first kappa shape index (κ1) is 38.1. The third-order valence-corrected chi connectivity index (χ3v) is 15.4. The summed E-state index contributed by atoms with van der Waals surface area (Å²) in [5.41, 5.74) is 17.2. The Morgan fingerprint density at radius 2 is 1.40 bits per heavy atom. The predicted octanol–water partition coefficient (Wildman–Crippen LogP) is 14.7. The molecule has 4 aromatic rings. The molecule has 2 heterocycles. The fourth-order valence-electron chi connectivity index (χ4n) is 12.4. The second-order valence-electron chi connectivity index (χ2n) is 19.6. The maximum absolute atomic E-state index is 6.77. The smallest absolute Gasteiger partial charge is 0.134 e. The minimum atomic E-state index is -0.00173. The average Bonchev–Trinajstić information content (AvgIpc) is 3.81. The molecule has 0 spiro atoms. The molecule has 312 valence electrons. The van der Waals surface area contributed by atoms with E-state index in [0.29, 0.717) is 5.92 Å². The number of fused-ring (bicyclic) bond motifs is 11. The van der Waals surface area contributed by atoms with Gasteiger partial charge in [0.25, 0.3) is 0 Å². The van der Waals surface area contributed by atoms with Crippen LogP contribution in [0.25, 0.3) is 40.0 Å². The van der Waals surface area contributed by atoms with E-state index in [2.05, 4.69) is 165 Å². The van der Waals surface area contributed by atoms with Crippen molar-refractivity contribution in [2.45, 2.75) is 116 Å². The lowest BCUT2D eigenvalue weighted by Crippen LogP contribution is -2.45. The van der Waals surface area contributed by atoms with Gasteiger partial charge in [0.2, 0.25) is 0 Å². The van der Waals surface area contributed by atoms with Gasteiger partial charge in [-0.25, -0.2) is 0 Å². The summed E-state index contributed by atoms with van der Waals surface area (Å²) in [6, 6.07) is 12.0. The molecule has 1 aliphatic heterocycles. The van der Waals surface area contributed by atoms with Crippen molar-refractivity contribution in [1.82, 2.24) is 0 Å². The van der Waals surface area contributed by atoms with Crippen molar-refractivity contribution in [3.63, 3.8) is 0 Å². The number of anilines is 2. The quantitative estimate of drug-likeness (QED) is 0.181. The second kappa shape index (κ2) is 14.8. The highest BCUT2D eigenvalue weighted by molar-refractivity contribution is 6.03. The highest BCUT2D eigenvalue weighted by atomic mass is 16.5. The van der Waals surface area contributed by atoms with Crippen LogP contribution in [0.15, 0.2) is 136 Å². The summed E-state index contributed by atoms with van der Waals surface area (Å²) in [5, 5.41) is 4.06. The van der Waals surface area contributed by atoms with Crippen molar-refractivity contribution < 1.29 is 9.15 Å². The van der Waals surface area contributed by atoms with Gasteiger partial charge < -0.3 is 19.0 Å². The molecule has 6 atom stereocenters. The van der Waals surface area contributed by atoms with Crippen LogP contribution in [0.3, 0.4) is 0 Å². The van der Waals surface area contributed by atoms with Crippen LogP contribution in [-0.2, 0) is 17.6 Å². The minimum Gasteiger partial charge on any atom is -0.460 e. The summed E-state index contributed by atoms with van der Waals surface area (Å²) in [5.74, 6) is 1.74.